The number of methoxy groups -OCH3 is 2. The van der Waals surface area contributed by atoms with Crippen molar-refractivity contribution in [1.29, 1.82) is 0 Å². The van der Waals surface area contributed by atoms with Crippen molar-refractivity contribution >= 4 is 0 Å². The first-order valence-electron chi connectivity index (χ1n) is 5.51. The minimum atomic E-state index is -0.476. The Balaban J connectivity index is 2.46. The highest BCUT2D eigenvalue weighted by atomic mass is 16.5. The molecule has 0 radical (unpaired) electrons. The monoisotopic (exact) mass is 240 g/mol. The molecule has 1 rings (SSSR count). The lowest BCUT2D eigenvalue weighted by Gasteiger charge is -2.19. The van der Waals surface area contributed by atoms with E-state index in [2.05, 4.69) is 4.98 Å². The minimum Gasteiger partial charge on any atom is -0.481 e. The van der Waals surface area contributed by atoms with Crippen LogP contribution in [0.3, 0.4) is 0 Å². The van der Waals surface area contributed by atoms with Gasteiger partial charge in [0.2, 0.25) is 5.88 Å². The van der Waals surface area contributed by atoms with Crippen molar-refractivity contribution in [1.82, 2.24) is 9.88 Å². The van der Waals surface area contributed by atoms with Crippen LogP contribution in [0.25, 0.3) is 0 Å². The van der Waals surface area contributed by atoms with E-state index < -0.39 is 6.10 Å². The predicted molar refractivity (Wildman–Crippen MR) is 65.0 cm³/mol. The number of aliphatic hydroxyl groups is 1. The molecule has 0 bridgehead atoms. The molecular weight excluding hydrogens is 220 g/mol. The maximum absolute atomic E-state index is 9.59. The summed E-state index contributed by atoms with van der Waals surface area (Å²) < 4.78 is 9.94. The Hall–Kier alpha value is -1.17. The second kappa shape index (κ2) is 7.21. The number of nitrogens with zero attached hydrogens (tertiary/aromatic N) is 2. The Morgan fingerprint density at radius 3 is 2.82 bits per heavy atom. The van der Waals surface area contributed by atoms with Crippen LogP contribution < -0.4 is 4.74 Å². The van der Waals surface area contributed by atoms with Crippen LogP contribution in [0.1, 0.15) is 5.69 Å². The molecule has 0 amide bonds. The maximum Gasteiger partial charge on any atom is 0.213 e. The SMILES string of the molecule is COCC(O)CN(C)Cc1cccc(OC)n1. The van der Waals surface area contributed by atoms with Gasteiger partial charge in [-0.3, -0.25) is 4.90 Å². The summed E-state index contributed by atoms with van der Waals surface area (Å²) in [6.45, 7) is 1.56. The average molecular weight is 240 g/mol. The highest BCUT2D eigenvalue weighted by molar-refractivity contribution is 5.15. The summed E-state index contributed by atoms with van der Waals surface area (Å²) in [6, 6.07) is 5.64. The van der Waals surface area contributed by atoms with Crippen molar-refractivity contribution in [2.24, 2.45) is 0 Å². The van der Waals surface area contributed by atoms with Crippen LogP contribution in [0.15, 0.2) is 18.2 Å². The number of pyridine rings is 1. The van der Waals surface area contributed by atoms with E-state index in [4.69, 9.17) is 9.47 Å². The Labute approximate surface area is 102 Å². The second-order valence-corrected chi connectivity index (χ2v) is 3.98. The molecule has 1 N–H and O–H groups in total. The molecule has 0 aliphatic carbocycles. The third-order valence-corrected chi connectivity index (χ3v) is 2.30. The highest BCUT2D eigenvalue weighted by Crippen LogP contribution is 2.08. The van der Waals surface area contributed by atoms with E-state index in [9.17, 15) is 5.11 Å². The van der Waals surface area contributed by atoms with Crippen molar-refractivity contribution in [2.75, 3.05) is 34.4 Å². The van der Waals surface area contributed by atoms with Crippen molar-refractivity contribution in [3.63, 3.8) is 0 Å². The van der Waals surface area contributed by atoms with Crippen LogP contribution in [0, 0.1) is 0 Å². The fourth-order valence-electron chi connectivity index (χ4n) is 1.61. The number of hydrogen-bond donors (Lipinski definition) is 1. The summed E-state index contributed by atoms with van der Waals surface area (Å²) in [5, 5.41) is 9.59. The number of likely N-dealkylation sites (N-methyl/N-ethyl adjacent to an activating group) is 1. The predicted octanol–water partition coefficient (Wildman–Crippen LogP) is 0.529. The van der Waals surface area contributed by atoms with Gasteiger partial charge in [-0.1, -0.05) is 6.07 Å². The van der Waals surface area contributed by atoms with Crippen LogP contribution in [0.2, 0.25) is 0 Å². The topological polar surface area (TPSA) is 54.8 Å². The third kappa shape index (κ3) is 5.12. The summed E-state index contributed by atoms with van der Waals surface area (Å²) in [5.74, 6) is 0.605. The van der Waals surface area contributed by atoms with Gasteiger partial charge < -0.3 is 14.6 Å². The van der Waals surface area contributed by atoms with Crippen LogP contribution >= 0.6 is 0 Å². The molecule has 0 aromatic carbocycles. The van der Waals surface area contributed by atoms with Crippen molar-refractivity contribution in [3.05, 3.63) is 23.9 Å². The van der Waals surface area contributed by atoms with E-state index in [1.807, 2.05) is 30.1 Å². The zero-order chi connectivity index (χ0) is 12.7. The molecule has 0 aliphatic heterocycles. The van der Waals surface area contributed by atoms with Gasteiger partial charge in [-0.25, -0.2) is 4.98 Å². The lowest BCUT2D eigenvalue weighted by Crippen LogP contribution is -2.31. The molecule has 0 aliphatic rings. The molecule has 1 heterocycles. The zero-order valence-electron chi connectivity index (χ0n) is 10.6. The summed E-state index contributed by atoms with van der Waals surface area (Å²) in [6.07, 6.45) is -0.476. The first-order valence-corrected chi connectivity index (χ1v) is 5.51. The Morgan fingerprint density at radius 1 is 1.41 bits per heavy atom. The van der Waals surface area contributed by atoms with E-state index >= 15 is 0 Å². The van der Waals surface area contributed by atoms with Crippen molar-refractivity contribution in [2.45, 2.75) is 12.6 Å². The second-order valence-electron chi connectivity index (χ2n) is 3.98. The first kappa shape index (κ1) is 13.9. The highest BCUT2D eigenvalue weighted by Gasteiger charge is 2.09. The number of ether oxygens (including phenoxy) is 2. The first-order chi connectivity index (χ1) is 8.15. The normalized spacial score (nSPS) is 12.8. The van der Waals surface area contributed by atoms with E-state index in [-0.39, 0.29) is 0 Å². The molecule has 0 fully saturated rings. The molecule has 1 unspecified atom stereocenters. The molecule has 1 aromatic heterocycles. The van der Waals surface area contributed by atoms with Gasteiger partial charge in [0, 0.05) is 26.3 Å². The quantitative estimate of drug-likeness (QED) is 0.753. The third-order valence-electron chi connectivity index (χ3n) is 2.30. The maximum atomic E-state index is 9.59. The molecular formula is C12H20N2O3. The smallest absolute Gasteiger partial charge is 0.213 e. The average Bonchev–Trinajstić information content (AvgIpc) is 2.29. The lowest BCUT2D eigenvalue weighted by atomic mass is 10.3. The number of hydrogen-bond acceptors (Lipinski definition) is 5. The van der Waals surface area contributed by atoms with Gasteiger partial charge in [0.1, 0.15) is 0 Å². The van der Waals surface area contributed by atoms with E-state index in [0.29, 0.717) is 25.6 Å². The van der Waals surface area contributed by atoms with Gasteiger partial charge in [0.25, 0.3) is 0 Å². The van der Waals surface area contributed by atoms with Crippen LogP contribution in [0.5, 0.6) is 5.88 Å². The molecule has 0 spiro atoms. The van der Waals surface area contributed by atoms with E-state index in [1.54, 1.807) is 14.2 Å². The van der Waals surface area contributed by atoms with Gasteiger partial charge in [-0.15, -0.1) is 0 Å². The van der Waals surface area contributed by atoms with Gasteiger partial charge in [0.05, 0.1) is 25.5 Å². The molecule has 0 saturated carbocycles. The van der Waals surface area contributed by atoms with Crippen LogP contribution in [-0.2, 0) is 11.3 Å². The summed E-state index contributed by atoms with van der Waals surface area (Å²) in [5.41, 5.74) is 0.913. The number of aliphatic hydroxyl groups excluding tert-OH is 1. The molecule has 17 heavy (non-hydrogen) atoms. The Morgan fingerprint density at radius 2 is 2.18 bits per heavy atom. The standard InChI is InChI=1S/C12H20N2O3/c1-14(8-11(15)9-16-2)7-10-5-4-6-12(13-10)17-3/h4-6,11,15H,7-9H2,1-3H3. The molecule has 0 saturated heterocycles. The summed E-state index contributed by atoms with van der Waals surface area (Å²) in [7, 11) is 5.10. The van der Waals surface area contributed by atoms with Crippen LogP contribution in [0.4, 0.5) is 0 Å². The fourth-order valence-corrected chi connectivity index (χ4v) is 1.61. The van der Waals surface area contributed by atoms with E-state index in [1.165, 1.54) is 0 Å². The fraction of sp³-hybridized carbons (Fsp3) is 0.583. The lowest BCUT2D eigenvalue weighted by molar-refractivity contribution is 0.0416. The Bertz CT molecular complexity index is 333. The summed E-state index contributed by atoms with van der Waals surface area (Å²) >= 11 is 0. The zero-order valence-corrected chi connectivity index (χ0v) is 10.6. The van der Waals surface area contributed by atoms with Gasteiger partial charge in [-0.2, -0.15) is 0 Å². The number of rotatable bonds is 7. The molecule has 5 nitrogen and oxygen atoms in total. The van der Waals surface area contributed by atoms with Crippen molar-refractivity contribution < 1.29 is 14.6 Å². The Kier molecular flexibility index (Phi) is 5.90. The van der Waals surface area contributed by atoms with Crippen LogP contribution in [-0.4, -0.2) is 55.5 Å². The summed E-state index contributed by atoms with van der Waals surface area (Å²) in [4.78, 5) is 6.30. The molecule has 1 aromatic rings. The van der Waals surface area contributed by atoms with Gasteiger partial charge in [-0.05, 0) is 13.1 Å². The van der Waals surface area contributed by atoms with E-state index in [0.717, 1.165) is 5.69 Å². The van der Waals surface area contributed by atoms with Gasteiger partial charge >= 0.3 is 0 Å². The number of aromatic nitrogens is 1. The van der Waals surface area contributed by atoms with Crippen molar-refractivity contribution in [3.8, 4) is 5.88 Å². The molecule has 1 atom stereocenters. The van der Waals surface area contributed by atoms with Gasteiger partial charge in [0.15, 0.2) is 0 Å². The largest absolute Gasteiger partial charge is 0.481 e. The molecule has 5 heteroatoms. The molecule has 96 valence electrons. The minimum absolute atomic E-state index is 0.343.